The molecular weight excluding hydrogens is 163 g/mol. The third-order valence-corrected chi connectivity index (χ3v) is 2.10. The Morgan fingerprint density at radius 1 is 1.23 bits per heavy atom. The van der Waals surface area contributed by atoms with Crippen LogP contribution in [0.1, 0.15) is 31.9 Å². The molecular formula is C12H17F. The van der Waals surface area contributed by atoms with Gasteiger partial charge in [0.2, 0.25) is 0 Å². The van der Waals surface area contributed by atoms with Crippen LogP contribution in [0.15, 0.2) is 18.2 Å². The van der Waals surface area contributed by atoms with Crippen LogP contribution < -0.4 is 0 Å². The third-order valence-electron chi connectivity index (χ3n) is 2.10. The maximum atomic E-state index is 13.2. The highest BCUT2D eigenvalue weighted by molar-refractivity contribution is 5.27. The van der Waals surface area contributed by atoms with Crippen LogP contribution in [0.3, 0.4) is 0 Å². The second kappa shape index (κ2) is 3.49. The number of hydrogen-bond donors (Lipinski definition) is 0. The lowest BCUT2D eigenvalue weighted by Crippen LogP contribution is -2.10. The summed E-state index contributed by atoms with van der Waals surface area (Å²) in [6, 6.07) is 5.30. The molecule has 1 heteroatoms. The Morgan fingerprint density at radius 2 is 1.85 bits per heavy atom. The predicted octanol–water partition coefficient (Wildman–Crippen LogP) is 3.72. The van der Waals surface area contributed by atoms with Crippen molar-refractivity contribution in [2.24, 2.45) is 5.41 Å². The highest BCUT2D eigenvalue weighted by atomic mass is 19.1. The van der Waals surface area contributed by atoms with Crippen molar-refractivity contribution in [2.45, 2.75) is 34.1 Å². The second-order valence-corrected chi connectivity index (χ2v) is 4.76. The van der Waals surface area contributed by atoms with Gasteiger partial charge < -0.3 is 0 Å². The minimum Gasteiger partial charge on any atom is -0.207 e. The van der Waals surface area contributed by atoms with Gasteiger partial charge >= 0.3 is 0 Å². The third kappa shape index (κ3) is 2.83. The van der Waals surface area contributed by atoms with Crippen molar-refractivity contribution in [3.05, 3.63) is 35.1 Å². The summed E-state index contributed by atoms with van der Waals surface area (Å²) in [5.74, 6) is -0.0956. The van der Waals surface area contributed by atoms with Crippen LogP contribution in [0.5, 0.6) is 0 Å². The Kier molecular flexibility index (Phi) is 2.74. The predicted molar refractivity (Wildman–Crippen MR) is 54.3 cm³/mol. The largest absolute Gasteiger partial charge is 0.207 e. The van der Waals surface area contributed by atoms with Gasteiger partial charge in [-0.15, -0.1) is 0 Å². The minimum absolute atomic E-state index is 0.0956. The monoisotopic (exact) mass is 180 g/mol. The zero-order valence-corrected chi connectivity index (χ0v) is 8.82. The highest BCUT2D eigenvalue weighted by Gasteiger charge is 2.13. The van der Waals surface area contributed by atoms with E-state index in [-0.39, 0.29) is 11.2 Å². The SMILES string of the molecule is Cc1c(F)cccc1CC(C)(C)C. The highest BCUT2D eigenvalue weighted by Crippen LogP contribution is 2.23. The number of rotatable bonds is 1. The smallest absolute Gasteiger partial charge is 0.126 e. The summed E-state index contributed by atoms with van der Waals surface area (Å²) in [7, 11) is 0. The van der Waals surface area contributed by atoms with E-state index >= 15 is 0 Å². The van der Waals surface area contributed by atoms with Crippen LogP contribution in [0, 0.1) is 18.2 Å². The molecule has 0 fully saturated rings. The molecule has 0 aliphatic rings. The summed E-state index contributed by atoms with van der Waals surface area (Å²) in [6.07, 6.45) is 0.927. The Bertz CT molecular complexity index is 294. The summed E-state index contributed by atoms with van der Waals surface area (Å²) in [5, 5.41) is 0. The van der Waals surface area contributed by atoms with E-state index in [9.17, 15) is 4.39 Å². The first kappa shape index (κ1) is 10.2. The van der Waals surface area contributed by atoms with E-state index in [4.69, 9.17) is 0 Å². The van der Waals surface area contributed by atoms with Gasteiger partial charge in [-0.3, -0.25) is 0 Å². The van der Waals surface area contributed by atoms with Crippen LogP contribution in [0.25, 0.3) is 0 Å². The molecule has 0 amide bonds. The quantitative estimate of drug-likeness (QED) is 0.618. The van der Waals surface area contributed by atoms with Gasteiger partial charge in [0.05, 0.1) is 0 Å². The molecule has 1 aromatic carbocycles. The Labute approximate surface area is 79.8 Å². The van der Waals surface area contributed by atoms with E-state index in [0.717, 1.165) is 17.5 Å². The van der Waals surface area contributed by atoms with Crippen molar-refractivity contribution in [3.63, 3.8) is 0 Å². The van der Waals surface area contributed by atoms with Crippen molar-refractivity contribution >= 4 is 0 Å². The van der Waals surface area contributed by atoms with Gasteiger partial charge in [0, 0.05) is 0 Å². The lowest BCUT2D eigenvalue weighted by Gasteiger charge is -2.19. The van der Waals surface area contributed by atoms with Gasteiger partial charge in [0.25, 0.3) is 0 Å². The first-order valence-corrected chi connectivity index (χ1v) is 4.64. The van der Waals surface area contributed by atoms with Crippen molar-refractivity contribution in [1.82, 2.24) is 0 Å². The number of halogens is 1. The van der Waals surface area contributed by atoms with E-state index in [1.165, 1.54) is 6.07 Å². The summed E-state index contributed by atoms with van der Waals surface area (Å²) in [6.45, 7) is 8.34. The summed E-state index contributed by atoms with van der Waals surface area (Å²) in [5.41, 5.74) is 2.13. The zero-order valence-electron chi connectivity index (χ0n) is 8.82. The van der Waals surface area contributed by atoms with Crippen LogP contribution >= 0.6 is 0 Å². The lowest BCUT2D eigenvalue weighted by molar-refractivity contribution is 0.409. The number of benzene rings is 1. The molecule has 0 aliphatic carbocycles. The average molecular weight is 180 g/mol. The Balaban J connectivity index is 2.96. The van der Waals surface area contributed by atoms with Gasteiger partial charge in [0.1, 0.15) is 5.82 Å². The molecule has 0 unspecified atom stereocenters. The molecule has 0 heterocycles. The topological polar surface area (TPSA) is 0 Å². The first-order valence-electron chi connectivity index (χ1n) is 4.64. The summed E-state index contributed by atoms with van der Waals surface area (Å²) >= 11 is 0. The summed E-state index contributed by atoms with van der Waals surface area (Å²) in [4.78, 5) is 0. The van der Waals surface area contributed by atoms with E-state index in [1.54, 1.807) is 6.07 Å². The Morgan fingerprint density at radius 3 is 2.38 bits per heavy atom. The first-order chi connectivity index (χ1) is 5.90. The fraction of sp³-hybridized carbons (Fsp3) is 0.500. The molecule has 1 rings (SSSR count). The molecule has 0 radical (unpaired) electrons. The van der Waals surface area contributed by atoms with Crippen molar-refractivity contribution in [2.75, 3.05) is 0 Å². The molecule has 0 N–H and O–H groups in total. The molecule has 0 saturated heterocycles. The Hall–Kier alpha value is -0.850. The minimum atomic E-state index is -0.0956. The fourth-order valence-corrected chi connectivity index (χ4v) is 1.41. The molecule has 0 atom stereocenters. The molecule has 0 aromatic heterocycles. The molecule has 13 heavy (non-hydrogen) atoms. The lowest BCUT2D eigenvalue weighted by atomic mass is 9.86. The molecule has 0 saturated carbocycles. The van der Waals surface area contributed by atoms with Gasteiger partial charge in [-0.05, 0) is 36.0 Å². The van der Waals surface area contributed by atoms with Crippen molar-refractivity contribution in [1.29, 1.82) is 0 Å². The van der Waals surface area contributed by atoms with E-state index in [2.05, 4.69) is 20.8 Å². The van der Waals surface area contributed by atoms with E-state index in [0.29, 0.717) is 0 Å². The van der Waals surface area contributed by atoms with E-state index < -0.39 is 0 Å². The zero-order chi connectivity index (χ0) is 10.1. The maximum absolute atomic E-state index is 13.2. The fourth-order valence-electron chi connectivity index (χ4n) is 1.41. The van der Waals surface area contributed by atoms with Crippen LogP contribution in [-0.2, 0) is 6.42 Å². The van der Waals surface area contributed by atoms with Crippen molar-refractivity contribution < 1.29 is 4.39 Å². The average Bonchev–Trinajstić information content (AvgIpc) is 1.96. The van der Waals surface area contributed by atoms with Gasteiger partial charge in [-0.1, -0.05) is 32.9 Å². The molecule has 0 aliphatic heterocycles. The molecule has 0 spiro atoms. The van der Waals surface area contributed by atoms with Gasteiger partial charge in [-0.2, -0.15) is 0 Å². The second-order valence-electron chi connectivity index (χ2n) is 4.76. The summed E-state index contributed by atoms with van der Waals surface area (Å²) < 4.78 is 13.2. The molecule has 1 aromatic rings. The maximum Gasteiger partial charge on any atom is 0.126 e. The normalized spacial score (nSPS) is 11.8. The van der Waals surface area contributed by atoms with Crippen LogP contribution in [0.2, 0.25) is 0 Å². The molecule has 72 valence electrons. The van der Waals surface area contributed by atoms with Gasteiger partial charge in [-0.25, -0.2) is 4.39 Å². The standard InChI is InChI=1S/C12H17F/c1-9-10(8-12(2,3)4)6-5-7-11(9)13/h5-7H,8H2,1-4H3. The van der Waals surface area contributed by atoms with E-state index in [1.807, 2.05) is 13.0 Å². The number of hydrogen-bond acceptors (Lipinski definition) is 0. The molecule has 0 bridgehead atoms. The van der Waals surface area contributed by atoms with Gasteiger partial charge in [0.15, 0.2) is 0 Å². The van der Waals surface area contributed by atoms with Crippen LogP contribution in [-0.4, -0.2) is 0 Å². The van der Waals surface area contributed by atoms with Crippen LogP contribution in [0.4, 0.5) is 4.39 Å². The van der Waals surface area contributed by atoms with Crippen molar-refractivity contribution in [3.8, 4) is 0 Å². The molecule has 0 nitrogen and oxygen atoms in total.